The van der Waals surface area contributed by atoms with E-state index in [-0.39, 0.29) is 23.8 Å². The van der Waals surface area contributed by atoms with Gasteiger partial charge in [-0.25, -0.2) is 4.52 Å². The molecule has 1 saturated carbocycles. The van der Waals surface area contributed by atoms with Crippen molar-refractivity contribution < 1.29 is 19.8 Å². The van der Waals surface area contributed by atoms with Crippen LogP contribution >= 0.6 is 0 Å². The summed E-state index contributed by atoms with van der Waals surface area (Å²) in [6.07, 6.45) is 8.92. The number of rotatable bonds is 10. The van der Waals surface area contributed by atoms with Gasteiger partial charge in [-0.2, -0.15) is 10.1 Å². The Morgan fingerprint density at radius 2 is 1.82 bits per heavy atom. The third-order valence-electron chi connectivity index (χ3n) is 9.21. The van der Waals surface area contributed by atoms with Crippen LogP contribution in [0.3, 0.4) is 0 Å². The molecule has 0 amide bonds. The molecule has 11 heteroatoms. The summed E-state index contributed by atoms with van der Waals surface area (Å²) >= 11 is 0. The Hall–Kier alpha value is -4.32. The lowest BCUT2D eigenvalue weighted by Gasteiger charge is -2.33. The summed E-state index contributed by atoms with van der Waals surface area (Å²) in [6.45, 7) is 4.01. The van der Waals surface area contributed by atoms with Gasteiger partial charge in [0.25, 0.3) is 5.56 Å². The lowest BCUT2D eigenvalue weighted by atomic mass is 9.92. The van der Waals surface area contributed by atoms with Crippen molar-refractivity contribution in [3.63, 3.8) is 0 Å². The van der Waals surface area contributed by atoms with E-state index in [1.54, 1.807) is 12.2 Å². The van der Waals surface area contributed by atoms with Crippen molar-refractivity contribution >= 4 is 11.6 Å². The first kappa shape index (κ1) is 29.4. The van der Waals surface area contributed by atoms with Crippen molar-refractivity contribution in [2.75, 3.05) is 0 Å². The number of nitrogens with one attached hydrogen (secondary N) is 1. The number of aliphatic hydroxyl groups excluding tert-OH is 1. The molecule has 7 rings (SSSR count). The zero-order valence-electron chi connectivity index (χ0n) is 25.5. The molecule has 3 N–H and O–H groups in total. The average Bonchev–Trinajstić information content (AvgIpc) is 3.40. The number of amidine groups is 1. The van der Waals surface area contributed by atoms with Gasteiger partial charge in [-0.3, -0.25) is 9.36 Å². The molecule has 3 heterocycles. The number of benzene rings is 2. The number of aliphatic hydroxyl groups is 2. The number of hydrogen-bond acceptors (Lipinski definition) is 9. The van der Waals surface area contributed by atoms with Gasteiger partial charge < -0.3 is 25.1 Å². The van der Waals surface area contributed by atoms with E-state index in [9.17, 15) is 15.0 Å². The Kier molecular flexibility index (Phi) is 7.76. The molecule has 234 valence electrons. The minimum atomic E-state index is -1.16. The highest BCUT2D eigenvalue weighted by Crippen LogP contribution is 2.35. The molecule has 1 aliphatic heterocycles. The second-order valence-corrected chi connectivity index (χ2v) is 12.2. The van der Waals surface area contributed by atoms with E-state index in [1.807, 2.05) is 52.4 Å². The van der Waals surface area contributed by atoms with Crippen LogP contribution in [0.25, 0.3) is 16.9 Å². The van der Waals surface area contributed by atoms with Crippen molar-refractivity contribution in [1.29, 1.82) is 0 Å². The maximum atomic E-state index is 14.3. The molecular formula is C34H38N6O5. The highest BCUT2D eigenvalue weighted by molar-refractivity contribution is 6.04. The third-order valence-corrected chi connectivity index (χ3v) is 9.21. The van der Waals surface area contributed by atoms with Crippen molar-refractivity contribution in [2.24, 2.45) is 5.16 Å². The molecule has 45 heavy (non-hydrogen) atoms. The molecule has 2 aliphatic carbocycles. The Morgan fingerprint density at radius 3 is 2.49 bits per heavy atom. The van der Waals surface area contributed by atoms with Crippen molar-refractivity contribution in [3.05, 3.63) is 99.7 Å². The van der Waals surface area contributed by atoms with Gasteiger partial charge in [0.1, 0.15) is 11.9 Å². The molecule has 0 saturated heterocycles. The first-order valence-corrected chi connectivity index (χ1v) is 15.8. The van der Waals surface area contributed by atoms with Gasteiger partial charge in [-0.15, -0.1) is 0 Å². The number of aromatic nitrogens is 4. The maximum absolute atomic E-state index is 14.3. The zero-order valence-corrected chi connectivity index (χ0v) is 25.5. The van der Waals surface area contributed by atoms with Crippen LogP contribution in [0, 0.1) is 0 Å². The van der Waals surface area contributed by atoms with Crippen molar-refractivity contribution in [2.45, 2.75) is 89.1 Å². The first-order valence-electron chi connectivity index (χ1n) is 15.8. The number of fused-ring (bicyclic) bond motifs is 1. The van der Waals surface area contributed by atoms with Crippen molar-refractivity contribution in [1.82, 2.24) is 24.5 Å². The SMILES string of the molecule is CCCc1c(Cc2ccc(-c3ccccc3C3=NOC(O)N3)cc2)c(=O)n([C@H]2CC[C@H](OC(C)C3(O)C=C3)CC2)c2ncnn12. The van der Waals surface area contributed by atoms with Crippen LogP contribution in [0.15, 0.2) is 77.0 Å². The Balaban J connectivity index is 1.16. The van der Waals surface area contributed by atoms with Gasteiger partial charge in [0.2, 0.25) is 5.78 Å². The van der Waals surface area contributed by atoms with Crippen LogP contribution in [-0.2, 0) is 22.4 Å². The molecule has 2 aromatic heterocycles. The van der Waals surface area contributed by atoms with Gasteiger partial charge in [0.05, 0.1) is 17.9 Å². The van der Waals surface area contributed by atoms with E-state index >= 15 is 0 Å². The lowest BCUT2D eigenvalue weighted by Crippen LogP contribution is -2.37. The van der Waals surface area contributed by atoms with Crippen LogP contribution in [0.5, 0.6) is 0 Å². The van der Waals surface area contributed by atoms with E-state index in [1.165, 1.54) is 6.33 Å². The minimum absolute atomic E-state index is 0.00789. The fraction of sp³-hybridized carbons (Fsp3) is 0.412. The predicted molar refractivity (Wildman–Crippen MR) is 169 cm³/mol. The molecule has 0 radical (unpaired) electrons. The van der Waals surface area contributed by atoms with E-state index in [0.717, 1.165) is 72.0 Å². The number of nitrogens with zero attached hydrogens (tertiary/aromatic N) is 5. The van der Waals surface area contributed by atoms with E-state index < -0.39 is 12.0 Å². The summed E-state index contributed by atoms with van der Waals surface area (Å²) in [6, 6.07) is 16.0. The molecule has 1 fully saturated rings. The van der Waals surface area contributed by atoms with Crippen LogP contribution in [0.4, 0.5) is 0 Å². The van der Waals surface area contributed by atoms with Crippen LogP contribution in [0.1, 0.15) is 74.4 Å². The van der Waals surface area contributed by atoms with Crippen LogP contribution in [0.2, 0.25) is 0 Å². The summed E-state index contributed by atoms with van der Waals surface area (Å²) in [5.41, 5.74) is 4.50. The summed E-state index contributed by atoms with van der Waals surface area (Å²) in [7, 11) is 0. The number of hydrogen-bond donors (Lipinski definition) is 3. The molecule has 2 atom stereocenters. The van der Waals surface area contributed by atoms with Crippen LogP contribution < -0.4 is 10.9 Å². The number of aryl methyl sites for hydroxylation is 1. The van der Waals surface area contributed by atoms with E-state index in [0.29, 0.717) is 18.0 Å². The molecular weight excluding hydrogens is 572 g/mol. The van der Waals surface area contributed by atoms with Gasteiger partial charge in [-0.05, 0) is 67.9 Å². The van der Waals surface area contributed by atoms with Gasteiger partial charge in [0.15, 0.2) is 5.84 Å². The van der Waals surface area contributed by atoms with Gasteiger partial charge >= 0.3 is 6.41 Å². The lowest BCUT2D eigenvalue weighted by molar-refractivity contribution is -0.0896. The fourth-order valence-electron chi connectivity index (χ4n) is 6.62. The molecule has 0 spiro atoms. The largest absolute Gasteiger partial charge is 0.379 e. The zero-order chi connectivity index (χ0) is 31.1. The molecule has 11 nitrogen and oxygen atoms in total. The predicted octanol–water partition coefficient (Wildman–Crippen LogP) is 3.85. The smallest absolute Gasteiger partial charge is 0.304 e. The summed E-state index contributed by atoms with van der Waals surface area (Å²) in [4.78, 5) is 23.8. The Morgan fingerprint density at radius 1 is 1.09 bits per heavy atom. The fourth-order valence-corrected chi connectivity index (χ4v) is 6.62. The second kappa shape index (κ2) is 11.9. The normalized spacial score (nSPS) is 22.6. The second-order valence-electron chi connectivity index (χ2n) is 12.2. The topological polar surface area (TPSA) is 136 Å². The van der Waals surface area contributed by atoms with Crippen LogP contribution in [-0.4, -0.2) is 59.4 Å². The number of ether oxygens (including phenoxy) is 1. The third kappa shape index (κ3) is 5.67. The highest BCUT2D eigenvalue weighted by atomic mass is 16.7. The number of oxime groups is 1. The standard InChI is InChI=1S/C34H38N6O5/c1-3-6-29-28(19-22-9-11-23(12-10-22)26-7-4-5-8-27(26)30-37-33(42)45-38-30)31(41)39(32-35-20-36-40(29)32)24-13-15-25(16-14-24)44-21(2)34(43)17-18-34/h4-5,7-12,17-18,20-21,24-25,33,42-43H,3,6,13-16,19H2,1-2H3,(H,37,38)/t21?,24-,25-,33?. The molecule has 2 aromatic carbocycles. The Labute approximate surface area is 260 Å². The van der Waals surface area contributed by atoms with E-state index in [2.05, 4.69) is 39.6 Å². The average molecular weight is 611 g/mol. The Bertz CT molecular complexity index is 1810. The van der Waals surface area contributed by atoms with Gasteiger partial charge in [-0.1, -0.05) is 67.0 Å². The summed E-state index contributed by atoms with van der Waals surface area (Å²) in [5, 5.41) is 31.4. The monoisotopic (exact) mass is 610 g/mol. The van der Waals surface area contributed by atoms with Gasteiger partial charge in [0, 0.05) is 23.6 Å². The van der Waals surface area contributed by atoms with Crippen molar-refractivity contribution in [3.8, 4) is 11.1 Å². The summed E-state index contributed by atoms with van der Waals surface area (Å²) < 4.78 is 9.89. The first-order chi connectivity index (χ1) is 21.8. The molecule has 0 bridgehead atoms. The highest BCUT2D eigenvalue weighted by Gasteiger charge is 2.40. The molecule has 3 aliphatic rings. The minimum Gasteiger partial charge on any atom is -0.379 e. The molecule has 4 aromatic rings. The maximum Gasteiger partial charge on any atom is 0.304 e. The summed E-state index contributed by atoms with van der Waals surface area (Å²) in [5.74, 6) is 1.06. The van der Waals surface area contributed by atoms with E-state index in [4.69, 9.17) is 9.57 Å². The quantitative estimate of drug-likeness (QED) is 0.231. The molecule has 2 unspecified atom stereocenters.